The van der Waals surface area contributed by atoms with E-state index in [0.717, 1.165) is 23.1 Å². The van der Waals surface area contributed by atoms with Gasteiger partial charge in [0.25, 0.3) is 0 Å². The summed E-state index contributed by atoms with van der Waals surface area (Å²) in [6.07, 6.45) is -0.456. The third-order valence-corrected chi connectivity index (χ3v) is 7.28. The molecule has 5 heteroatoms. The van der Waals surface area contributed by atoms with Gasteiger partial charge in [0.15, 0.2) is 0 Å². The first kappa shape index (κ1) is 24.4. The van der Waals surface area contributed by atoms with Crippen LogP contribution in [0.1, 0.15) is 23.1 Å². The van der Waals surface area contributed by atoms with Crippen molar-refractivity contribution in [2.75, 3.05) is 6.61 Å². The van der Waals surface area contributed by atoms with Crippen LogP contribution >= 0.6 is 22.6 Å². The molecule has 0 saturated heterocycles. The van der Waals surface area contributed by atoms with Crippen molar-refractivity contribution in [1.29, 1.82) is 0 Å². The van der Waals surface area contributed by atoms with Crippen molar-refractivity contribution in [3.63, 3.8) is 0 Å². The molecule has 174 valence electrons. The minimum atomic E-state index is -0.597. The Kier molecular flexibility index (Phi) is 9.32. The van der Waals surface area contributed by atoms with Gasteiger partial charge in [-0.05, 0) is 23.1 Å². The second kappa shape index (κ2) is 12.6. The Bertz CT molecular complexity index is 938. The fourth-order valence-corrected chi connectivity index (χ4v) is 5.32. The molecule has 0 heterocycles. The van der Waals surface area contributed by atoms with Gasteiger partial charge in [-0.25, -0.2) is 0 Å². The van der Waals surface area contributed by atoms with Gasteiger partial charge >= 0.3 is 0 Å². The minimum absolute atomic E-state index is 0.0743. The molecular weight excluding hydrogens is 527 g/mol. The summed E-state index contributed by atoms with van der Waals surface area (Å²) in [6, 6.07) is 30.4. The van der Waals surface area contributed by atoms with Gasteiger partial charge in [0.2, 0.25) is 0 Å². The number of rotatable bonds is 10. The Balaban J connectivity index is 1.46. The lowest BCUT2D eigenvalue weighted by molar-refractivity contribution is -0.176. The van der Waals surface area contributed by atoms with E-state index in [1.165, 1.54) is 0 Å². The summed E-state index contributed by atoms with van der Waals surface area (Å²) in [7, 11) is 0. The standard InChI is InChI=1S/C28H31IO4/c29-25-16-24(20-31-17-21-10-4-1-5-11-21)27(32-18-22-12-6-2-7-13-22)28(26(25)30)33-19-23-14-8-3-9-15-23/h1-15,24-28,30H,16-20H2/t24-,25+,26-,27-,28-/m1/s1. The van der Waals surface area contributed by atoms with Gasteiger partial charge in [0.05, 0.1) is 38.6 Å². The highest BCUT2D eigenvalue weighted by atomic mass is 127. The van der Waals surface area contributed by atoms with E-state index >= 15 is 0 Å². The SMILES string of the molecule is O[C@H]1[C@@H](OCc2ccccc2)[C@H](OCc2ccccc2)[C@@H](COCc2ccccc2)C[C@@H]1I. The Morgan fingerprint density at radius 2 is 1.12 bits per heavy atom. The number of halogens is 1. The molecule has 0 amide bonds. The maximum absolute atomic E-state index is 11.1. The van der Waals surface area contributed by atoms with Gasteiger partial charge in [0.1, 0.15) is 6.10 Å². The Morgan fingerprint density at radius 1 is 0.667 bits per heavy atom. The molecule has 1 saturated carbocycles. The number of hydrogen-bond acceptors (Lipinski definition) is 4. The maximum Gasteiger partial charge on any atom is 0.111 e. The van der Waals surface area contributed by atoms with Gasteiger partial charge in [-0.3, -0.25) is 0 Å². The van der Waals surface area contributed by atoms with Crippen LogP contribution < -0.4 is 0 Å². The maximum atomic E-state index is 11.1. The zero-order valence-corrected chi connectivity index (χ0v) is 20.8. The largest absolute Gasteiger partial charge is 0.389 e. The summed E-state index contributed by atoms with van der Waals surface area (Å²) < 4.78 is 18.9. The van der Waals surface area contributed by atoms with Gasteiger partial charge in [-0.15, -0.1) is 0 Å². The van der Waals surface area contributed by atoms with Crippen LogP contribution in [0.25, 0.3) is 0 Å². The number of aliphatic hydroxyl groups is 1. The topological polar surface area (TPSA) is 47.9 Å². The molecule has 0 unspecified atom stereocenters. The molecule has 5 atom stereocenters. The lowest BCUT2D eigenvalue weighted by Crippen LogP contribution is -2.55. The number of hydrogen-bond donors (Lipinski definition) is 1. The molecule has 1 aliphatic carbocycles. The second-order valence-corrected chi connectivity index (χ2v) is 10.1. The second-order valence-electron chi connectivity index (χ2n) is 8.53. The molecule has 0 aromatic heterocycles. The van der Waals surface area contributed by atoms with Crippen molar-refractivity contribution in [2.24, 2.45) is 5.92 Å². The predicted molar refractivity (Wildman–Crippen MR) is 138 cm³/mol. The van der Waals surface area contributed by atoms with E-state index in [-0.39, 0.29) is 15.9 Å². The van der Waals surface area contributed by atoms with E-state index in [0.29, 0.717) is 26.4 Å². The van der Waals surface area contributed by atoms with Crippen LogP contribution in [-0.4, -0.2) is 33.9 Å². The Morgan fingerprint density at radius 3 is 1.64 bits per heavy atom. The fraction of sp³-hybridized carbons (Fsp3) is 0.357. The van der Waals surface area contributed by atoms with Crippen molar-refractivity contribution >= 4 is 22.6 Å². The third-order valence-electron chi connectivity index (χ3n) is 6.04. The molecular formula is C28H31IO4. The summed E-state index contributed by atoms with van der Waals surface area (Å²) in [4.78, 5) is 0. The Hall–Kier alpha value is -1.77. The lowest BCUT2D eigenvalue weighted by Gasteiger charge is -2.43. The van der Waals surface area contributed by atoms with E-state index in [4.69, 9.17) is 14.2 Å². The molecule has 1 aliphatic rings. The summed E-state index contributed by atoms with van der Waals surface area (Å²) in [5.41, 5.74) is 3.34. The molecule has 0 spiro atoms. The summed E-state index contributed by atoms with van der Waals surface area (Å²) in [5.74, 6) is 0.128. The van der Waals surface area contributed by atoms with Crippen LogP contribution in [-0.2, 0) is 34.0 Å². The Labute approximate surface area is 210 Å². The van der Waals surface area contributed by atoms with Gasteiger partial charge < -0.3 is 19.3 Å². The number of benzene rings is 3. The van der Waals surface area contributed by atoms with Crippen LogP contribution in [0, 0.1) is 5.92 Å². The smallest absolute Gasteiger partial charge is 0.111 e. The first-order chi connectivity index (χ1) is 16.2. The van der Waals surface area contributed by atoms with E-state index < -0.39 is 12.2 Å². The van der Waals surface area contributed by atoms with Crippen molar-refractivity contribution in [3.8, 4) is 0 Å². The monoisotopic (exact) mass is 558 g/mol. The molecule has 1 N–H and O–H groups in total. The highest BCUT2D eigenvalue weighted by Crippen LogP contribution is 2.35. The molecule has 3 aromatic carbocycles. The van der Waals surface area contributed by atoms with Crippen LogP contribution in [0.4, 0.5) is 0 Å². The number of alkyl halides is 1. The molecule has 3 aromatic rings. The summed E-state index contributed by atoms with van der Waals surface area (Å²) >= 11 is 2.34. The van der Waals surface area contributed by atoms with Gasteiger partial charge in [-0.2, -0.15) is 0 Å². The molecule has 1 fully saturated rings. The molecule has 0 bridgehead atoms. The van der Waals surface area contributed by atoms with Gasteiger partial charge in [-0.1, -0.05) is 114 Å². The van der Waals surface area contributed by atoms with Crippen molar-refractivity contribution in [2.45, 2.75) is 48.5 Å². The number of ether oxygens (including phenoxy) is 3. The van der Waals surface area contributed by atoms with E-state index in [2.05, 4.69) is 46.9 Å². The highest BCUT2D eigenvalue weighted by Gasteiger charge is 2.45. The predicted octanol–water partition coefficient (Wildman–Crippen LogP) is 5.56. The first-order valence-corrected chi connectivity index (χ1v) is 12.7. The van der Waals surface area contributed by atoms with Crippen LogP contribution in [0.2, 0.25) is 0 Å². The van der Waals surface area contributed by atoms with Crippen molar-refractivity contribution in [1.82, 2.24) is 0 Å². The van der Waals surface area contributed by atoms with Gasteiger partial charge in [0, 0.05) is 9.84 Å². The molecule has 0 radical (unpaired) electrons. The minimum Gasteiger partial charge on any atom is -0.389 e. The number of aliphatic hydroxyl groups excluding tert-OH is 1. The third kappa shape index (κ3) is 7.11. The zero-order valence-electron chi connectivity index (χ0n) is 18.6. The van der Waals surface area contributed by atoms with Crippen molar-refractivity contribution in [3.05, 3.63) is 108 Å². The summed E-state index contributed by atoms with van der Waals surface area (Å²) in [5, 5.41) is 11.1. The normalized spacial score (nSPS) is 25.1. The molecule has 0 aliphatic heterocycles. The average Bonchev–Trinajstić information content (AvgIpc) is 2.86. The summed E-state index contributed by atoms with van der Waals surface area (Å²) in [6.45, 7) is 2.04. The average molecular weight is 558 g/mol. The van der Waals surface area contributed by atoms with Crippen LogP contribution in [0.15, 0.2) is 91.0 Å². The lowest BCUT2D eigenvalue weighted by atomic mass is 9.82. The van der Waals surface area contributed by atoms with E-state index in [9.17, 15) is 5.11 Å². The first-order valence-electron chi connectivity index (χ1n) is 11.5. The molecule has 4 rings (SSSR count). The zero-order chi connectivity index (χ0) is 22.9. The molecule has 4 nitrogen and oxygen atoms in total. The fourth-order valence-electron chi connectivity index (χ4n) is 4.25. The van der Waals surface area contributed by atoms with Crippen molar-refractivity contribution < 1.29 is 19.3 Å². The van der Waals surface area contributed by atoms with Crippen LogP contribution in [0.5, 0.6) is 0 Å². The highest BCUT2D eigenvalue weighted by molar-refractivity contribution is 14.1. The van der Waals surface area contributed by atoms with E-state index in [1.54, 1.807) is 0 Å². The quantitative estimate of drug-likeness (QED) is 0.262. The van der Waals surface area contributed by atoms with E-state index in [1.807, 2.05) is 66.7 Å². The molecule has 33 heavy (non-hydrogen) atoms. The van der Waals surface area contributed by atoms with Crippen LogP contribution in [0.3, 0.4) is 0 Å².